The molecular formula is C14H18BF3O2S. The van der Waals surface area contributed by atoms with Gasteiger partial charge >= 0.3 is 12.6 Å². The highest BCUT2D eigenvalue weighted by molar-refractivity contribution is 8.00. The summed E-state index contributed by atoms with van der Waals surface area (Å²) < 4.78 is 49.9. The molecule has 1 aliphatic heterocycles. The van der Waals surface area contributed by atoms with Gasteiger partial charge in [-0.2, -0.15) is 13.2 Å². The Balaban J connectivity index is 2.37. The second-order valence-corrected chi connectivity index (χ2v) is 7.28. The number of benzene rings is 1. The lowest BCUT2D eigenvalue weighted by Gasteiger charge is -2.32. The zero-order chi connectivity index (χ0) is 16.1. The summed E-state index contributed by atoms with van der Waals surface area (Å²) in [6.07, 6.45) is 0. The zero-order valence-corrected chi connectivity index (χ0v) is 13.5. The summed E-state index contributed by atoms with van der Waals surface area (Å²) in [7, 11) is -0.791. The van der Waals surface area contributed by atoms with Crippen LogP contribution in [0.25, 0.3) is 0 Å². The van der Waals surface area contributed by atoms with Crippen LogP contribution in [0.1, 0.15) is 33.3 Å². The Bertz CT molecular complexity index is 528. The molecule has 0 amide bonds. The van der Waals surface area contributed by atoms with Gasteiger partial charge in [0.25, 0.3) is 0 Å². The van der Waals surface area contributed by atoms with Crippen molar-refractivity contribution >= 4 is 24.3 Å². The predicted molar refractivity (Wildman–Crippen MR) is 78.8 cm³/mol. The van der Waals surface area contributed by atoms with Crippen molar-refractivity contribution in [1.29, 1.82) is 0 Å². The van der Waals surface area contributed by atoms with Crippen LogP contribution in [-0.4, -0.2) is 23.8 Å². The van der Waals surface area contributed by atoms with Crippen molar-refractivity contribution in [1.82, 2.24) is 0 Å². The van der Waals surface area contributed by atoms with E-state index < -0.39 is 23.8 Å². The van der Waals surface area contributed by atoms with Gasteiger partial charge in [0, 0.05) is 4.90 Å². The summed E-state index contributed by atoms with van der Waals surface area (Å²) >= 11 is -0.131. The van der Waals surface area contributed by atoms with E-state index in [-0.39, 0.29) is 16.7 Å². The second-order valence-electron chi connectivity index (χ2n) is 6.18. The molecule has 1 aliphatic rings. The summed E-state index contributed by atoms with van der Waals surface area (Å²) in [6.45, 7) is 9.25. The number of hydrogen-bond acceptors (Lipinski definition) is 3. The van der Waals surface area contributed by atoms with E-state index in [2.05, 4.69) is 0 Å². The molecule has 0 atom stereocenters. The lowest BCUT2D eigenvalue weighted by Crippen LogP contribution is -2.41. The van der Waals surface area contributed by atoms with Gasteiger partial charge in [-0.15, -0.1) is 0 Å². The fourth-order valence-corrected chi connectivity index (χ4v) is 2.80. The topological polar surface area (TPSA) is 18.5 Å². The van der Waals surface area contributed by atoms with Crippen molar-refractivity contribution in [3.63, 3.8) is 0 Å². The molecule has 0 unspecified atom stereocenters. The third kappa shape index (κ3) is 3.58. The first-order valence-corrected chi connectivity index (χ1v) is 7.45. The smallest absolute Gasteiger partial charge is 0.399 e. The minimum atomic E-state index is -4.34. The summed E-state index contributed by atoms with van der Waals surface area (Å²) in [5.41, 5.74) is -4.32. The second kappa shape index (κ2) is 5.21. The third-order valence-electron chi connectivity index (χ3n) is 3.90. The first kappa shape index (κ1) is 16.7. The Morgan fingerprint density at radius 1 is 1.05 bits per heavy atom. The summed E-state index contributed by atoms with van der Waals surface area (Å²) in [6, 6.07) is 4.92. The zero-order valence-electron chi connectivity index (χ0n) is 12.7. The number of thioether (sulfide) groups is 1. The molecule has 1 aromatic carbocycles. The Morgan fingerprint density at radius 3 is 2.05 bits per heavy atom. The molecule has 0 saturated carbocycles. The van der Waals surface area contributed by atoms with Gasteiger partial charge in [0.1, 0.15) is 0 Å². The first-order valence-electron chi connectivity index (χ1n) is 6.63. The van der Waals surface area contributed by atoms with E-state index in [0.717, 1.165) is 5.56 Å². The van der Waals surface area contributed by atoms with Gasteiger partial charge in [0.2, 0.25) is 0 Å². The molecule has 0 bridgehead atoms. The average molecular weight is 318 g/mol. The van der Waals surface area contributed by atoms with Crippen molar-refractivity contribution in [3.8, 4) is 0 Å². The van der Waals surface area contributed by atoms with Crippen molar-refractivity contribution in [3.05, 3.63) is 23.8 Å². The van der Waals surface area contributed by atoms with Crippen LogP contribution in [0.2, 0.25) is 0 Å². The fourth-order valence-electron chi connectivity index (χ4n) is 2.02. The van der Waals surface area contributed by atoms with Crippen molar-refractivity contribution in [2.45, 2.75) is 56.2 Å². The highest BCUT2D eigenvalue weighted by atomic mass is 32.2. The number of hydrogen-bond donors (Lipinski definition) is 0. The van der Waals surface area contributed by atoms with Gasteiger partial charge in [0.15, 0.2) is 0 Å². The van der Waals surface area contributed by atoms with E-state index in [0.29, 0.717) is 5.46 Å². The van der Waals surface area contributed by atoms with Crippen LogP contribution in [0.15, 0.2) is 23.1 Å². The minimum Gasteiger partial charge on any atom is -0.399 e. The van der Waals surface area contributed by atoms with E-state index in [1.807, 2.05) is 27.7 Å². The Morgan fingerprint density at radius 2 is 1.57 bits per heavy atom. The number of halogens is 3. The van der Waals surface area contributed by atoms with E-state index in [1.165, 1.54) is 6.07 Å². The van der Waals surface area contributed by atoms with Crippen LogP contribution in [0.3, 0.4) is 0 Å². The maximum Gasteiger partial charge on any atom is 0.495 e. The molecule has 21 heavy (non-hydrogen) atoms. The molecule has 0 aromatic heterocycles. The van der Waals surface area contributed by atoms with Crippen molar-refractivity contribution in [2.75, 3.05) is 0 Å². The van der Waals surface area contributed by atoms with Crippen molar-refractivity contribution in [2.24, 2.45) is 0 Å². The van der Waals surface area contributed by atoms with Gasteiger partial charge in [-0.25, -0.2) is 0 Å². The highest BCUT2D eigenvalue weighted by Crippen LogP contribution is 2.40. The SMILES string of the molecule is Cc1ccc(B2OC(C)(C)C(C)(C)O2)c(SC(F)(F)F)c1. The van der Waals surface area contributed by atoms with Gasteiger partial charge < -0.3 is 9.31 Å². The number of alkyl halides is 3. The van der Waals surface area contributed by atoms with Gasteiger partial charge in [0.05, 0.1) is 11.2 Å². The molecule has 0 spiro atoms. The maximum absolute atomic E-state index is 12.7. The summed E-state index contributed by atoms with van der Waals surface area (Å²) in [5.74, 6) is 0. The molecule has 116 valence electrons. The molecule has 7 heteroatoms. The van der Waals surface area contributed by atoms with E-state index >= 15 is 0 Å². The fraction of sp³-hybridized carbons (Fsp3) is 0.571. The molecule has 1 saturated heterocycles. The van der Waals surface area contributed by atoms with E-state index in [9.17, 15) is 13.2 Å². The van der Waals surface area contributed by atoms with E-state index in [1.54, 1.807) is 19.1 Å². The Labute approximate surface area is 127 Å². The third-order valence-corrected chi connectivity index (χ3v) is 4.71. The minimum absolute atomic E-state index is 0.126. The normalized spacial score (nSPS) is 20.9. The molecule has 0 N–H and O–H groups in total. The lowest BCUT2D eigenvalue weighted by molar-refractivity contribution is -0.0327. The van der Waals surface area contributed by atoms with Crippen LogP contribution in [0, 0.1) is 6.92 Å². The first-order chi connectivity index (χ1) is 9.41. The van der Waals surface area contributed by atoms with Crippen molar-refractivity contribution < 1.29 is 22.5 Å². The molecule has 0 aliphatic carbocycles. The summed E-state index contributed by atoms with van der Waals surface area (Å²) in [4.78, 5) is 0.126. The van der Waals surface area contributed by atoms with Gasteiger partial charge in [-0.05, 0) is 57.9 Å². The Kier molecular flexibility index (Phi) is 4.15. The summed E-state index contributed by atoms with van der Waals surface area (Å²) in [5, 5.41) is 0. The Hall–Kier alpha value is -0.655. The predicted octanol–water partition coefficient (Wildman–Crippen LogP) is 3.91. The monoisotopic (exact) mass is 318 g/mol. The molecule has 2 rings (SSSR count). The van der Waals surface area contributed by atoms with Crippen LogP contribution >= 0.6 is 11.8 Å². The average Bonchev–Trinajstić information content (AvgIpc) is 2.45. The molecule has 1 aromatic rings. The molecule has 1 fully saturated rings. The van der Waals surface area contributed by atoms with Gasteiger partial charge in [-0.3, -0.25) is 0 Å². The maximum atomic E-state index is 12.7. The molecule has 2 nitrogen and oxygen atoms in total. The van der Waals surface area contributed by atoms with E-state index in [4.69, 9.17) is 9.31 Å². The van der Waals surface area contributed by atoms with Crippen LogP contribution in [-0.2, 0) is 9.31 Å². The number of rotatable bonds is 2. The standard InChI is InChI=1S/C14H18BF3O2S/c1-9-6-7-10(11(8-9)21-14(16,17)18)15-19-12(2,3)13(4,5)20-15/h6-8H,1-5H3. The highest BCUT2D eigenvalue weighted by Gasteiger charge is 2.52. The molecule has 0 radical (unpaired) electrons. The largest absolute Gasteiger partial charge is 0.495 e. The quantitative estimate of drug-likeness (QED) is 0.608. The van der Waals surface area contributed by atoms with Crippen LogP contribution in [0.4, 0.5) is 13.2 Å². The molecular weight excluding hydrogens is 300 g/mol. The number of aryl methyl sites for hydroxylation is 1. The molecule has 1 heterocycles. The lowest BCUT2D eigenvalue weighted by atomic mass is 9.79. The van der Waals surface area contributed by atoms with Gasteiger partial charge in [-0.1, -0.05) is 17.7 Å². The van der Waals surface area contributed by atoms with Crippen LogP contribution < -0.4 is 5.46 Å². The van der Waals surface area contributed by atoms with Crippen LogP contribution in [0.5, 0.6) is 0 Å².